The molecule has 0 saturated carbocycles. The van der Waals surface area contributed by atoms with Crippen molar-refractivity contribution in [3.8, 4) is 0 Å². The summed E-state index contributed by atoms with van der Waals surface area (Å²) in [6, 6.07) is 0. The Morgan fingerprint density at radius 3 is 2.04 bits per heavy atom. The number of ketones is 1. The van der Waals surface area contributed by atoms with Crippen molar-refractivity contribution in [1.82, 2.24) is 14.7 Å². The first-order chi connectivity index (χ1) is 11.6. The Bertz CT molecular complexity index is 559. The number of hydrogen-bond acceptors (Lipinski definition) is 4. The number of likely N-dealkylation sites (tertiary alicyclic amines) is 1. The maximum absolute atomic E-state index is 12.7. The van der Waals surface area contributed by atoms with Gasteiger partial charge in [0.2, 0.25) is 17.7 Å². The topological polar surface area (TPSA) is 78.0 Å². The molecule has 0 spiro atoms. The largest absolute Gasteiger partial charge is 0.339 e. The fourth-order valence-electron chi connectivity index (χ4n) is 3.40. The molecule has 2 aliphatic heterocycles. The Morgan fingerprint density at radius 2 is 1.56 bits per heavy atom. The predicted octanol–water partition coefficient (Wildman–Crippen LogP) is 0.673. The van der Waals surface area contributed by atoms with Crippen LogP contribution in [0.2, 0.25) is 0 Å². The highest BCUT2D eigenvalue weighted by Crippen LogP contribution is 2.27. The Kier molecular flexibility index (Phi) is 5.85. The van der Waals surface area contributed by atoms with E-state index in [1.165, 1.54) is 6.92 Å². The lowest BCUT2D eigenvalue weighted by molar-refractivity contribution is -0.142. The fraction of sp³-hybridized carbons (Fsp3) is 0.778. The molecule has 2 rings (SSSR count). The summed E-state index contributed by atoms with van der Waals surface area (Å²) in [5.74, 6) is -0.264. The SMILES string of the molecule is CC(=O)CCC(=O)N1CCN(C(=O)C2CC(=O)N(C(C)(C)C)C2)CC1. The number of hydrogen-bond donors (Lipinski definition) is 0. The van der Waals surface area contributed by atoms with Crippen LogP contribution in [0.4, 0.5) is 0 Å². The van der Waals surface area contributed by atoms with Crippen molar-refractivity contribution in [3.63, 3.8) is 0 Å². The van der Waals surface area contributed by atoms with Crippen molar-refractivity contribution in [3.05, 3.63) is 0 Å². The van der Waals surface area contributed by atoms with Gasteiger partial charge < -0.3 is 19.5 Å². The van der Waals surface area contributed by atoms with Crippen LogP contribution >= 0.6 is 0 Å². The van der Waals surface area contributed by atoms with Gasteiger partial charge in [0.25, 0.3) is 0 Å². The standard InChI is InChI=1S/C18H29N3O4/c1-13(22)5-6-15(23)19-7-9-20(10-8-19)17(25)14-11-16(24)21(12-14)18(2,3)4/h14H,5-12H2,1-4H3. The maximum atomic E-state index is 12.7. The maximum Gasteiger partial charge on any atom is 0.228 e. The van der Waals surface area contributed by atoms with Crippen molar-refractivity contribution in [2.45, 2.75) is 52.5 Å². The summed E-state index contributed by atoms with van der Waals surface area (Å²) in [6.45, 7) is 9.84. The number of carbonyl (C=O) groups is 4. The zero-order valence-corrected chi connectivity index (χ0v) is 15.7. The van der Waals surface area contributed by atoms with E-state index < -0.39 is 0 Å². The van der Waals surface area contributed by atoms with E-state index in [0.717, 1.165) is 0 Å². The monoisotopic (exact) mass is 351 g/mol. The molecule has 7 heteroatoms. The summed E-state index contributed by atoms with van der Waals surface area (Å²) < 4.78 is 0. The molecule has 2 heterocycles. The molecule has 0 radical (unpaired) electrons. The smallest absolute Gasteiger partial charge is 0.228 e. The zero-order valence-electron chi connectivity index (χ0n) is 15.7. The molecule has 3 amide bonds. The predicted molar refractivity (Wildman–Crippen MR) is 92.6 cm³/mol. The Labute approximate surface area is 149 Å². The van der Waals surface area contributed by atoms with Gasteiger partial charge in [-0.1, -0.05) is 0 Å². The molecule has 140 valence electrons. The molecule has 0 aliphatic carbocycles. The molecule has 0 aromatic rings. The number of nitrogens with zero attached hydrogens (tertiary/aromatic N) is 3. The summed E-state index contributed by atoms with van der Waals surface area (Å²) in [5.41, 5.74) is -0.270. The molecular formula is C18H29N3O4. The lowest BCUT2D eigenvalue weighted by Crippen LogP contribution is -2.52. The van der Waals surface area contributed by atoms with Crippen molar-refractivity contribution in [1.29, 1.82) is 0 Å². The van der Waals surface area contributed by atoms with E-state index in [1.807, 2.05) is 20.8 Å². The van der Waals surface area contributed by atoms with Gasteiger partial charge in [0, 0.05) is 57.5 Å². The summed E-state index contributed by atoms with van der Waals surface area (Å²) in [5, 5.41) is 0. The van der Waals surface area contributed by atoms with Crippen molar-refractivity contribution < 1.29 is 19.2 Å². The molecule has 0 aromatic carbocycles. The lowest BCUT2D eigenvalue weighted by Gasteiger charge is -2.36. The minimum atomic E-state index is -0.285. The number of carbonyl (C=O) groups excluding carboxylic acids is 4. The van der Waals surface area contributed by atoms with Crippen molar-refractivity contribution in [2.75, 3.05) is 32.7 Å². The van der Waals surface area contributed by atoms with E-state index in [1.54, 1.807) is 14.7 Å². The number of rotatable bonds is 4. The van der Waals surface area contributed by atoms with E-state index >= 15 is 0 Å². The van der Waals surface area contributed by atoms with Crippen molar-refractivity contribution in [2.24, 2.45) is 5.92 Å². The van der Waals surface area contributed by atoms with E-state index in [9.17, 15) is 19.2 Å². The zero-order chi connectivity index (χ0) is 18.8. The third-order valence-corrected chi connectivity index (χ3v) is 4.92. The molecule has 2 fully saturated rings. The van der Waals surface area contributed by atoms with E-state index in [2.05, 4.69) is 0 Å². The molecule has 0 N–H and O–H groups in total. The van der Waals surface area contributed by atoms with Gasteiger partial charge in [0.15, 0.2) is 0 Å². The first-order valence-electron chi connectivity index (χ1n) is 8.96. The first-order valence-corrected chi connectivity index (χ1v) is 8.96. The molecule has 2 aliphatic rings. The summed E-state index contributed by atoms with van der Waals surface area (Å²) in [4.78, 5) is 53.2. The van der Waals surface area contributed by atoms with Crippen LogP contribution in [0.3, 0.4) is 0 Å². The number of amides is 3. The van der Waals surface area contributed by atoms with Crippen LogP contribution in [-0.4, -0.2) is 76.5 Å². The second kappa shape index (κ2) is 7.54. The molecule has 7 nitrogen and oxygen atoms in total. The second-order valence-corrected chi connectivity index (χ2v) is 7.98. The normalized spacial score (nSPS) is 21.7. The highest BCUT2D eigenvalue weighted by atomic mass is 16.2. The molecule has 1 atom stereocenters. The van der Waals surface area contributed by atoms with Gasteiger partial charge in [-0.15, -0.1) is 0 Å². The van der Waals surface area contributed by atoms with Gasteiger partial charge in [-0.2, -0.15) is 0 Å². The highest BCUT2D eigenvalue weighted by molar-refractivity contribution is 5.90. The Hall–Kier alpha value is -1.92. The van der Waals surface area contributed by atoms with Gasteiger partial charge >= 0.3 is 0 Å². The third kappa shape index (κ3) is 4.80. The molecular weight excluding hydrogens is 322 g/mol. The van der Waals surface area contributed by atoms with E-state index in [-0.39, 0.29) is 54.2 Å². The van der Waals surface area contributed by atoms with Gasteiger partial charge in [-0.3, -0.25) is 14.4 Å². The number of Topliss-reactive ketones (excluding diaryl/α,β-unsaturated/α-hetero) is 1. The summed E-state index contributed by atoms with van der Waals surface area (Å²) in [6.07, 6.45) is 0.777. The molecule has 0 aromatic heterocycles. The number of piperazine rings is 1. The first kappa shape index (κ1) is 19.4. The van der Waals surface area contributed by atoms with E-state index in [0.29, 0.717) is 32.7 Å². The average Bonchev–Trinajstić information content (AvgIpc) is 2.94. The van der Waals surface area contributed by atoms with E-state index in [4.69, 9.17) is 0 Å². The summed E-state index contributed by atoms with van der Waals surface area (Å²) >= 11 is 0. The van der Waals surface area contributed by atoms with Gasteiger partial charge in [-0.05, 0) is 27.7 Å². The van der Waals surface area contributed by atoms with Gasteiger partial charge in [-0.25, -0.2) is 0 Å². The third-order valence-electron chi connectivity index (χ3n) is 4.92. The van der Waals surface area contributed by atoms with Crippen LogP contribution < -0.4 is 0 Å². The molecule has 2 saturated heterocycles. The van der Waals surface area contributed by atoms with Crippen molar-refractivity contribution >= 4 is 23.5 Å². The fourth-order valence-corrected chi connectivity index (χ4v) is 3.40. The summed E-state index contributed by atoms with van der Waals surface area (Å²) in [7, 11) is 0. The molecule has 1 unspecified atom stereocenters. The minimum Gasteiger partial charge on any atom is -0.339 e. The molecule has 25 heavy (non-hydrogen) atoms. The van der Waals surface area contributed by atoms with Crippen LogP contribution in [0.5, 0.6) is 0 Å². The van der Waals surface area contributed by atoms with Gasteiger partial charge in [0.05, 0.1) is 5.92 Å². The second-order valence-electron chi connectivity index (χ2n) is 7.98. The van der Waals surface area contributed by atoms with Crippen LogP contribution in [0.1, 0.15) is 47.0 Å². The van der Waals surface area contributed by atoms with Crippen LogP contribution in [0.15, 0.2) is 0 Å². The Balaban J connectivity index is 1.85. The van der Waals surface area contributed by atoms with Crippen LogP contribution in [0.25, 0.3) is 0 Å². The van der Waals surface area contributed by atoms with Crippen LogP contribution in [0, 0.1) is 5.92 Å². The average molecular weight is 351 g/mol. The Morgan fingerprint density at radius 1 is 1.00 bits per heavy atom. The van der Waals surface area contributed by atoms with Crippen LogP contribution in [-0.2, 0) is 19.2 Å². The quantitative estimate of drug-likeness (QED) is 0.746. The minimum absolute atomic E-state index is 0.0101. The highest BCUT2D eigenvalue weighted by Gasteiger charge is 2.41. The van der Waals surface area contributed by atoms with Gasteiger partial charge in [0.1, 0.15) is 5.78 Å². The molecule has 0 bridgehead atoms. The lowest BCUT2D eigenvalue weighted by atomic mass is 10.1.